The van der Waals surface area contributed by atoms with E-state index in [-0.39, 0.29) is 5.65 Å². The smallest absolute Gasteiger partial charge is 0.310 e. The molecular formula is C39H49F2N7O5. The molecule has 0 saturated carbocycles. The van der Waals surface area contributed by atoms with Crippen LogP contribution in [-0.2, 0) is 22.6 Å². The van der Waals surface area contributed by atoms with E-state index in [1.807, 2.05) is 26.0 Å². The second-order valence-corrected chi connectivity index (χ2v) is 15.4. The number of likely N-dealkylation sites (tertiary alicyclic amines) is 1. The lowest BCUT2D eigenvalue weighted by Crippen LogP contribution is -2.49. The Kier molecular flexibility index (Phi) is 10.4. The molecule has 7 rings (SSSR count). The van der Waals surface area contributed by atoms with Crippen molar-refractivity contribution in [3.05, 3.63) is 75.5 Å². The van der Waals surface area contributed by atoms with Gasteiger partial charge in [-0.05, 0) is 95.4 Å². The summed E-state index contributed by atoms with van der Waals surface area (Å²) in [6.45, 7) is 15.6. The van der Waals surface area contributed by atoms with Crippen LogP contribution in [-0.4, -0.2) is 97.0 Å². The highest BCUT2D eigenvalue weighted by molar-refractivity contribution is 5.76. The van der Waals surface area contributed by atoms with Crippen LogP contribution in [0.2, 0.25) is 0 Å². The molecule has 1 spiro atoms. The topological polar surface area (TPSA) is 127 Å². The first kappa shape index (κ1) is 37.1. The van der Waals surface area contributed by atoms with Gasteiger partial charge in [0.25, 0.3) is 6.43 Å². The largest absolute Gasteiger partial charge is 0.481 e. The van der Waals surface area contributed by atoms with Gasteiger partial charge < -0.3 is 19.3 Å². The van der Waals surface area contributed by atoms with Crippen molar-refractivity contribution in [3.8, 4) is 11.8 Å². The number of halogens is 2. The van der Waals surface area contributed by atoms with Crippen molar-refractivity contribution in [1.82, 2.24) is 34.4 Å². The molecule has 0 unspecified atom stereocenters. The minimum Gasteiger partial charge on any atom is -0.481 e. The van der Waals surface area contributed by atoms with E-state index < -0.39 is 35.2 Å². The van der Waals surface area contributed by atoms with Gasteiger partial charge in [0, 0.05) is 68.0 Å². The maximum atomic E-state index is 13.7. The quantitative estimate of drug-likeness (QED) is 0.194. The molecule has 53 heavy (non-hydrogen) atoms. The molecule has 0 aromatic carbocycles. The number of hydrogen-bond acceptors (Lipinski definition) is 10. The summed E-state index contributed by atoms with van der Waals surface area (Å²) in [5, 5.41) is 18.2. The number of ether oxygens (including phenoxy) is 3. The molecule has 12 nitrogen and oxygen atoms in total. The standard InChI is InChI=1S/C39H49F2N7O5/c1-24-8-9-29(31(38(4,5)37(49)50)28-10-15-48-33(26(28)3)44-45-34(48)32(40)41)42-30(24)22-47-21-27-20-25(2)35(52-19-16-46-13-6-7-14-46)43-36(27)53-39(23-47)11-17-51-18-12-39/h8-10,15,20,31-32H,6-7,11-14,16-19,21-23H2,1-5H3,(H,49,50)/t31-/m0/s1. The summed E-state index contributed by atoms with van der Waals surface area (Å²) in [5.41, 5.74) is 3.90. The van der Waals surface area contributed by atoms with Crippen LogP contribution >= 0.6 is 0 Å². The monoisotopic (exact) mass is 733 g/mol. The van der Waals surface area contributed by atoms with Gasteiger partial charge >= 0.3 is 5.97 Å². The van der Waals surface area contributed by atoms with Crippen LogP contribution < -0.4 is 9.47 Å². The number of fused-ring (bicyclic) bond motifs is 2. The minimum atomic E-state index is -2.81. The average Bonchev–Trinajstić information content (AvgIpc) is 3.78. The number of aliphatic carboxylic acids is 1. The SMILES string of the molecule is Cc1ccc([C@H](c2ccn3c(C(F)F)nnc3c2C)C(C)(C)C(=O)O)nc1CN1Cc2cc(C)c(OCCN3CCCC3)nc2OC2(CCOCC2)C1. The van der Waals surface area contributed by atoms with Gasteiger partial charge in [0.15, 0.2) is 5.65 Å². The fourth-order valence-electron chi connectivity index (χ4n) is 8.06. The molecule has 1 atom stereocenters. The molecule has 0 radical (unpaired) electrons. The predicted molar refractivity (Wildman–Crippen MR) is 193 cm³/mol. The van der Waals surface area contributed by atoms with Crippen LogP contribution in [0.15, 0.2) is 30.5 Å². The summed E-state index contributed by atoms with van der Waals surface area (Å²) < 4.78 is 47.4. The van der Waals surface area contributed by atoms with E-state index in [2.05, 4.69) is 26.1 Å². The lowest BCUT2D eigenvalue weighted by atomic mass is 9.72. The lowest BCUT2D eigenvalue weighted by molar-refractivity contribution is -0.147. The van der Waals surface area contributed by atoms with Crippen molar-refractivity contribution in [2.24, 2.45) is 5.41 Å². The van der Waals surface area contributed by atoms with Crippen LogP contribution in [0.5, 0.6) is 11.8 Å². The Hall–Kier alpha value is -4.27. The van der Waals surface area contributed by atoms with Crippen LogP contribution in [0.1, 0.15) is 96.9 Å². The van der Waals surface area contributed by atoms with Crippen LogP contribution in [0.3, 0.4) is 0 Å². The molecule has 7 heterocycles. The number of carbonyl (C=O) groups is 1. The molecule has 3 aliphatic heterocycles. The molecule has 3 aliphatic rings. The van der Waals surface area contributed by atoms with Gasteiger partial charge in [-0.1, -0.05) is 6.07 Å². The Balaban J connectivity index is 1.21. The Bertz CT molecular complexity index is 1970. The minimum absolute atomic E-state index is 0.255. The number of rotatable bonds is 11. The molecule has 284 valence electrons. The third kappa shape index (κ3) is 7.45. The summed E-state index contributed by atoms with van der Waals surface area (Å²) in [4.78, 5) is 27.7. The van der Waals surface area contributed by atoms with Gasteiger partial charge in [0.2, 0.25) is 17.6 Å². The normalized spacial score (nSPS) is 18.6. The summed E-state index contributed by atoms with van der Waals surface area (Å²) in [6, 6.07) is 7.65. The highest BCUT2D eigenvalue weighted by Crippen LogP contribution is 2.43. The number of hydrogen-bond donors (Lipinski definition) is 1. The van der Waals surface area contributed by atoms with E-state index in [0.717, 1.165) is 42.0 Å². The highest BCUT2D eigenvalue weighted by atomic mass is 19.3. The molecule has 2 fully saturated rings. The van der Waals surface area contributed by atoms with E-state index in [9.17, 15) is 18.7 Å². The Labute approximate surface area is 308 Å². The van der Waals surface area contributed by atoms with Gasteiger partial charge in [-0.15, -0.1) is 10.2 Å². The molecule has 2 saturated heterocycles. The van der Waals surface area contributed by atoms with Crippen molar-refractivity contribution in [3.63, 3.8) is 0 Å². The summed E-state index contributed by atoms with van der Waals surface area (Å²) in [7, 11) is 0. The van der Waals surface area contributed by atoms with Gasteiger partial charge in [-0.25, -0.2) is 8.78 Å². The van der Waals surface area contributed by atoms with Crippen molar-refractivity contribution >= 4 is 11.6 Å². The van der Waals surface area contributed by atoms with E-state index in [1.165, 1.54) is 23.4 Å². The fourth-order valence-corrected chi connectivity index (χ4v) is 8.06. The first-order valence-corrected chi connectivity index (χ1v) is 18.5. The lowest BCUT2D eigenvalue weighted by Gasteiger charge is -2.38. The Morgan fingerprint density at radius 2 is 1.79 bits per heavy atom. The highest BCUT2D eigenvalue weighted by Gasteiger charge is 2.43. The molecule has 1 N–H and O–H groups in total. The number of carboxylic acid groups (broad SMARTS) is 1. The first-order chi connectivity index (χ1) is 25.3. The average molecular weight is 734 g/mol. The van der Waals surface area contributed by atoms with E-state index in [4.69, 9.17) is 24.2 Å². The third-order valence-corrected chi connectivity index (χ3v) is 11.2. The molecule has 4 aromatic rings. The number of nitrogens with zero attached hydrogens (tertiary/aromatic N) is 7. The van der Waals surface area contributed by atoms with E-state index in [1.54, 1.807) is 26.8 Å². The van der Waals surface area contributed by atoms with Crippen molar-refractivity contribution in [2.75, 3.05) is 46.0 Å². The molecule has 0 aliphatic carbocycles. The van der Waals surface area contributed by atoms with Gasteiger partial charge in [-0.2, -0.15) is 4.98 Å². The summed E-state index contributed by atoms with van der Waals surface area (Å²) >= 11 is 0. The number of aromatic nitrogens is 5. The Morgan fingerprint density at radius 3 is 2.51 bits per heavy atom. The van der Waals surface area contributed by atoms with Crippen LogP contribution in [0, 0.1) is 26.2 Å². The zero-order chi connectivity index (χ0) is 37.5. The van der Waals surface area contributed by atoms with Crippen molar-refractivity contribution < 1.29 is 32.9 Å². The third-order valence-electron chi connectivity index (χ3n) is 11.2. The molecule has 0 amide bonds. The fraction of sp³-hybridized carbons (Fsp3) is 0.564. The molecule has 14 heteroatoms. The van der Waals surface area contributed by atoms with Crippen LogP contribution in [0.25, 0.3) is 5.65 Å². The molecule has 0 bridgehead atoms. The number of alkyl halides is 2. The summed E-state index contributed by atoms with van der Waals surface area (Å²) in [5.74, 6) is -1.00. The van der Waals surface area contributed by atoms with Gasteiger partial charge in [-0.3, -0.25) is 24.0 Å². The van der Waals surface area contributed by atoms with Crippen molar-refractivity contribution in [2.45, 2.75) is 91.3 Å². The van der Waals surface area contributed by atoms with Gasteiger partial charge in [0.1, 0.15) is 12.2 Å². The van der Waals surface area contributed by atoms with E-state index >= 15 is 0 Å². The van der Waals surface area contributed by atoms with Crippen molar-refractivity contribution in [1.29, 1.82) is 0 Å². The first-order valence-electron chi connectivity index (χ1n) is 18.5. The zero-order valence-corrected chi connectivity index (χ0v) is 31.2. The molecule has 4 aromatic heterocycles. The van der Waals surface area contributed by atoms with Crippen LogP contribution in [0.4, 0.5) is 8.78 Å². The van der Waals surface area contributed by atoms with Gasteiger partial charge in [0.05, 0.1) is 24.3 Å². The maximum Gasteiger partial charge on any atom is 0.310 e. The number of carboxylic acids is 1. The number of aryl methyl sites for hydroxylation is 3. The second kappa shape index (κ2) is 14.9. The molecular weight excluding hydrogens is 684 g/mol. The second-order valence-electron chi connectivity index (χ2n) is 15.4. The summed E-state index contributed by atoms with van der Waals surface area (Å²) in [6.07, 6.45) is 2.57. The zero-order valence-electron chi connectivity index (χ0n) is 31.2. The number of pyridine rings is 3. The Morgan fingerprint density at radius 1 is 1.04 bits per heavy atom. The maximum absolute atomic E-state index is 13.7. The predicted octanol–water partition coefficient (Wildman–Crippen LogP) is 6.04. The van der Waals surface area contributed by atoms with E-state index in [0.29, 0.717) is 80.9 Å².